The van der Waals surface area contributed by atoms with Gasteiger partial charge in [0.1, 0.15) is 17.1 Å². The van der Waals surface area contributed by atoms with Crippen molar-refractivity contribution in [1.82, 2.24) is 14.7 Å². The topological polar surface area (TPSA) is 90.0 Å². The van der Waals surface area contributed by atoms with Gasteiger partial charge < -0.3 is 20.2 Å². The lowest BCUT2D eigenvalue weighted by Crippen LogP contribution is -2.99. The van der Waals surface area contributed by atoms with Crippen molar-refractivity contribution in [1.29, 1.82) is 0 Å². The van der Waals surface area contributed by atoms with Crippen LogP contribution in [0, 0.1) is 5.21 Å². The van der Waals surface area contributed by atoms with Gasteiger partial charge in [0.25, 0.3) is 0 Å². The number of quaternary nitrogens is 1. The summed E-state index contributed by atoms with van der Waals surface area (Å²) in [5, 5.41) is 29.4. The lowest BCUT2D eigenvalue weighted by molar-refractivity contribution is -0.990. The first-order valence-corrected chi connectivity index (χ1v) is 8.86. The van der Waals surface area contributed by atoms with E-state index in [1.807, 2.05) is 43.0 Å². The molecule has 142 valence electrons. The Morgan fingerprint density at radius 3 is 2.81 bits per heavy atom. The van der Waals surface area contributed by atoms with Gasteiger partial charge in [-0.05, 0) is 51.3 Å². The highest BCUT2D eigenvalue weighted by Gasteiger charge is 2.27. The molecule has 1 aromatic heterocycles. The molecule has 1 aliphatic rings. The van der Waals surface area contributed by atoms with Gasteiger partial charge >= 0.3 is 0 Å². The highest BCUT2D eigenvalue weighted by atomic mass is 16.8. The van der Waals surface area contributed by atoms with E-state index in [9.17, 15) is 10.4 Å². The Labute approximate surface area is 157 Å². The number of benzene rings is 2. The van der Waals surface area contributed by atoms with E-state index in [0.717, 1.165) is 53.1 Å². The molecule has 2 aromatic carbocycles. The third-order valence-electron chi connectivity index (χ3n) is 4.87. The quantitative estimate of drug-likeness (QED) is 0.451. The third kappa shape index (κ3) is 3.02. The predicted molar refractivity (Wildman–Crippen MR) is 104 cm³/mol. The molecule has 1 unspecified atom stereocenters. The molecule has 0 saturated heterocycles. The number of aromatic nitrogens is 2. The summed E-state index contributed by atoms with van der Waals surface area (Å²) in [6, 6.07) is 9.18. The molecule has 4 rings (SSSR count). The third-order valence-corrected chi connectivity index (χ3v) is 4.87. The molecule has 2 heterocycles. The average Bonchev–Trinajstić information content (AvgIpc) is 3.01. The summed E-state index contributed by atoms with van der Waals surface area (Å²) in [4.78, 5) is 2.14. The minimum atomic E-state index is -0.956. The number of methoxy groups -OCH3 is 1. The molecule has 1 aliphatic heterocycles. The van der Waals surface area contributed by atoms with Crippen molar-refractivity contribution in [2.45, 2.75) is 13.0 Å². The Hall–Kier alpha value is -2.65. The van der Waals surface area contributed by atoms with Crippen LogP contribution in [0.25, 0.3) is 22.2 Å². The molecule has 0 bridgehead atoms. The smallest absolute Gasteiger partial charge is 0.188 e. The van der Waals surface area contributed by atoms with Crippen molar-refractivity contribution in [2.75, 3.05) is 33.1 Å². The van der Waals surface area contributed by atoms with Crippen LogP contribution in [0.2, 0.25) is 0 Å². The first-order chi connectivity index (χ1) is 13.0. The summed E-state index contributed by atoms with van der Waals surface area (Å²) in [5.41, 5.74) is 4.33. The summed E-state index contributed by atoms with van der Waals surface area (Å²) < 4.78 is 7.33. The second-order valence-electron chi connectivity index (χ2n) is 6.95. The fourth-order valence-corrected chi connectivity index (χ4v) is 3.56. The maximum Gasteiger partial charge on any atom is 0.188 e. The number of hydrogen-bond acceptors (Lipinski definition) is 6. The highest BCUT2D eigenvalue weighted by molar-refractivity contribution is 6.12. The zero-order valence-corrected chi connectivity index (χ0v) is 15.6. The van der Waals surface area contributed by atoms with Crippen LogP contribution in [0.4, 0.5) is 17.1 Å². The summed E-state index contributed by atoms with van der Waals surface area (Å²) in [7, 11) is 5.72. The van der Waals surface area contributed by atoms with Gasteiger partial charge in [0, 0.05) is 23.9 Å². The van der Waals surface area contributed by atoms with E-state index in [4.69, 9.17) is 9.84 Å². The van der Waals surface area contributed by atoms with E-state index in [1.54, 1.807) is 13.2 Å². The predicted octanol–water partition coefficient (Wildman–Crippen LogP) is 2.12. The molecule has 0 fully saturated rings. The van der Waals surface area contributed by atoms with E-state index >= 15 is 0 Å². The van der Waals surface area contributed by atoms with Crippen molar-refractivity contribution in [3.05, 3.63) is 35.5 Å². The molecule has 0 saturated carbocycles. The summed E-state index contributed by atoms with van der Waals surface area (Å²) in [6.45, 7) is 1.72. The van der Waals surface area contributed by atoms with Crippen LogP contribution < -0.4 is 15.3 Å². The van der Waals surface area contributed by atoms with E-state index in [0.29, 0.717) is 5.69 Å². The van der Waals surface area contributed by atoms with Gasteiger partial charge in [-0.2, -0.15) is 10.3 Å². The number of ether oxygens (including phenoxy) is 1. The molecule has 8 heteroatoms. The SMILES string of the molecule is COc1ccc2c(c1)-c1nn(CCCN(C)C)c3ccc([NH+]([O-])O)c(c13)N2. The molecule has 3 N–H and O–H groups in total. The van der Waals surface area contributed by atoms with Crippen LogP contribution >= 0.6 is 0 Å². The highest BCUT2D eigenvalue weighted by Crippen LogP contribution is 2.46. The minimum Gasteiger partial charge on any atom is -0.595 e. The standard InChI is InChI=1S/C19H23N5O3/c1-22(2)9-4-10-23-15-7-8-16(24(25)26)19-17(15)18(21-23)13-11-12(27-3)5-6-14(13)20-19/h5-8,11,20,24-25H,4,9-10H2,1-3H3. The van der Waals surface area contributed by atoms with Crippen molar-refractivity contribution in [3.8, 4) is 17.0 Å². The van der Waals surface area contributed by atoms with Crippen molar-refractivity contribution >= 4 is 28.0 Å². The van der Waals surface area contributed by atoms with Crippen LogP contribution in [-0.4, -0.2) is 47.6 Å². The Morgan fingerprint density at radius 1 is 1.30 bits per heavy atom. The number of nitrogens with one attached hydrogen (secondary N) is 2. The Bertz CT molecular complexity index is 997. The second-order valence-corrected chi connectivity index (χ2v) is 6.95. The van der Waals surface area contributed by atoms with Crippen LogP contribution in [0.5, 0.6) is 5.75 Å². The van der Waals surface area contributed by atoms with Crippen LogP contribution in [-0.2, 0) is 6.54 Å². The van der Waals surface area contributed by atoms with E-state index < -0.39 is 5.23 Å². The summed E-state index contributed by atoms with van der Waals surface area (Å²) in [6.07, 6.45) is 0.956. The van der Waals surface area contributed by atoms with Gasteiger partial charge in [0.05, 0.1) is 18.0 Å². The first-order valence-electron chi connectivity index (χ1n) is 8.86. The molecule has 3 aromatic rings. The monoisotopic (exact) mass is 369 g/mol. The Balaban J connectivity index is 1.89. The van der Waals surface area contributed by atoms with Gasteiger partial charge in [0.2, 0.25) is 0 Å². The van der Waals surface area contributed by atoms with Crippen molar-refractivity contribution in [2.24, 2.45) is 0 Å². The molecule has 0 amide bonds. The van der Waals surface area contributed by atoms with Gasteiger partial charge in [-0.25, -0.2) is 5.21 Å². The number of fused-ring (bicyclic) bond motifs is 2. The largest absolute Gasteiger partial charge is 0.595 e. The number of hydrogen-bond donors (Lipinski definition) is 3. The van der Waals surface area contributed by atoms with Crippen LogP contribution in [0.1, 0.15) is 6.42 Å². The van der Waals surface area contributed by atoms with Gasteiger partial charge in [-0.3, -0.25) is 4.68 Å². The molecule has 0 spiro atoms. The van der Waals surface area contributed by atoms with Crippen LogP contribution in [0.3, 0.4) is 0 Å². The van der Waals surface area contributed by atoms with Gasteiger partial charge in [-0.1, -0.05) is 0 Å². The maximum absolute atomic E-state index is 11.7. The maximum atomic E-state index is 11.7. The summed E-state index contributed by atoms with van der Waals surface area (Å²) in [5.74, 6) is 0.740. The summed E-state index contributed by atoms with van der Waals surface area (Å²) >= 11 is 0. The van der Waals surface area contributed by atoms with E-state index in [2.05, 4.69) is 10.2 Å². The van der Waals surface area contributed by atoms with Gasteiger partial charge in [-0.15, -0.1) is 0 Å². The van der Waals surface area contributed by atoms with Crippen LogP contribution in [0.15, 0.2) is 30.3 Å². The first kappa shape index (κ1) is 17.7. The molecular formula is C19H23N5O3. The fraction of sp³-hybridized carbons (Fsp3) is 0.316. The van der Waals surface area contributed by atoms with Crippen molar-refractivity contribution in [3.63, 3.8) is 0 Å². The molecule has 27 heavy (non-hydrogen) atoms. The Kier molecular flexibility index (Phi) is 4.48. The lowest BCUT2D eigenvalue weighted by atomic mass is 9.99. The number of aryl methyl sites for hydroxylation is 1. The normalized spacial score (nSPS) is 13.6. The second kappa shape index (κ2) is 6.82. The number of nitrogens with zero attached hydrogens (tertiary/aromatic N) is 3. The Morgan fingerprint density at radius 2 is 2.11 bits per heavy atom. The fourth-order valence-electron chi connectivity index (χ4n) is 3.56. The number of rotatable bonds is 6. The number of anilines is 2. The van der Waals surface area contributed by atoms with Gasteiger partial charge in [0.15, 0.2) is 5.69 Å². The molecule has 0 aliphatic carbocycles. The van der Waals surface area contributed by atoms with Crippen molar-refractivity contribution < 1.29 is 15.2 Å². The lowest BCUT2D eigenvalue weighted by Gasteiger charge is -2.22. The molecular weight excluding hydrogens is 346 g/mol. The molecule has 1 atom stereocenters. The zero-order chi connectivity index (χ0) is 19.1. The average molecular weight is 369 g/mol. The molecule has 8 nitrogen and oxygen atoms in total. The van der Waals surface area contributed by atoms with E-state index in [-0.39, 0.29) is 5.69 Å². The minimum absolute atomic E-state index is 0.248. The zero-order valence-electron chi connectivity index (χ0n) is 15.6. The van der Waals surface area contributed by atoms with E-state index in [1.165, 1.54) is 0 Å². The molecule has 0 radical (unpaired) electrons.